The van der Waals surface area contributed by atoms with E-state index in [0.717, 1.165) is 17.9 Å². The van der Waals surface area contributed by atoms with Crippen molar-refractivity contribution in [1.29, 1.82) is 0 Å². The van der Waals surface area contributed by atoms with Crippen LogP contribution in [0.25, 0.3) is 0 Å². The van der Waals surface area contributed by atoms with E-state index in [1.807, 2.05) is 23.9 Å². The number of benzene rings is 1. The SMILES string of the molecule is CCCCCCSCCc1ccc(NC(=O)[C@H]2NCC[C@@H]2O)cc1. The van der Waals surface area contributed by atoms with Crippen LogP contribution in [0.1, 0.15) is 44.6 Å². The monoisotopic (exact) mass is 350 g/mol. The van der Waals surface area contributed by atoms with Gasteiger partial charge < -0.3 is 15.7 Å². The molecule has 1 fully saturated rings. The first-order chi connectivity index (χ1) is 11.7. The molecule has 0 radical (unpaired) electrons. The lowest BCUT2D eigenvalue weighted by Gasteiger charge is -2.14. The molecule has 134 valence electrons. The number of amides is 1. The maximum atomic E-state index is 12.1. The van der Waals surface area contributed by atoms with Gasteiger partial charge in [-0.15, -0.1) is 0 Å². The first kappa shape index (κ1) is 19.3. The Labute approximate surface area is 149 Å². The van der Waals surface area contributed by atoms with Crippen molar-refractivity contribution in [1.82, 2.24) is 5.32 Å². The summed E-state index contributed by atoms with van der Waals surface area (Å²) < 4.78 is 0. The molecule has 2 atom stereocenters. The maximum absolute atomic E-state index is 12.1. The van der Waals surface area contributed by atoms with E-state index in [1.165, 1.54) is 37.0 Å². The van der Waals surface area contributed by atoms with Crippen molar-refractivity contribution in [2.45, 2.75) is 57.6 Å². The van der Waals surface area contributed by atoms with Gasteiger partial charge in [0.05, 0.1) is 6.10 Å². The van der Waals surface area contributed by atoms with E-state index in [4.69, 9.17) is 0 Å². The molecule has 1 aliphatic heterocycles. The van der Waals surface area contributed by atoms with E-state index >= 15 is 0 Å². The van der Waals surface area contributed by atoms with Gasteiger partial charge in [0.2, 0.25) is 5.91 Å². The van der Waals surface area contributed by atoms with Crippen LogP contribution in [0.3, 0.4) is 0 Å². The second-order valence-electron chi connectivity index (χ2n) is 6.40. The molecule has 1 aromatic carbocycles. The van der Waals surface area contributed by atoms with Crippen LogP contribution in [0.15, 0.2) is 24.3 Å². The van der Waals surface area contributed by atoms with Crippen LogP contribution in [0, 0.1) is 0 Å². The third-order valence-corrected chi connectivity index (χ3v) is 5.44. The molecule has 0 unspecified atom stereocenters. The van der Waals surface area contributed by atoms with E-state index < -0.39 is 12.1 Å². The molecule has 0 aliphatic carbocycles. The maximum Gasteiger partial charge on any atom is 0.244 e. The molecular formula is C19H30N2O2S. The van der Waals surface area contributed by atoms with Crippen LogP contribution in [0.5, 0.6) is 0 Å². The summed E-state index contributed by atoms with van der Waals surface area (Å²) >= 11 is 2.02. The molecule has 1 saturated heterocycles. The minimum atomic E-state index is -0.585. The molecule has 2 rings (SSSR count). The smallest absolute Gasteiger partial charge is 0.244 e. The minimum absolute atomic E-state index is 0.157. The molecule has 0 saturated carbocycles. The van der Waals surface area contributed by atoms with Crippen LogP contribution < -0.4 is 10.6 Å². The Balaban J connectivity index is 1.66. The summed E-state index contributed by atoms with van der Waals surface area (Å²) in [5.41, 5.74) is 2.09. The molecular weight excluding hydrogens is 320 g/mol. The highest BCUT2D eigenvalue weighted by molar-refractivity contribution is 7.99. The fraction of sp³-hybridized carbons (Fsp3) is 0.632. The number of unbranched alkanes of at least 4 members (excludes halogenated alkanes) is 3. The van der Waals surface area contributed by atoms with Crippen molar-refractivity contribution in [3.63, 3.8) is 0 Å². The predicted octanol–water partition coefficient (Wildman–Crippen LogP) is 3.20. The number of aliphatic hydroxyl groups excluding tert-OH is 1. The number of carbonyl (C=O) groups excluding carboxylic acids is 1. The van der Waals surface area contributed by atoms with Gasteiger partial charge in [0, 0.05) is 5.69 Å². The van der Waals surface area contributed by atoms with Gasteiger partial charge in [0.1, 0.15) is 6.04 Å². The third kappa shape index (κ3) is 6.46. The average Bonchev–Trinajstić information content (AvgIpc) is 3.02. The Morgan fingerprint density at radius 1 is 1.25 bits per heavy atom. The van der Waals surface area contributed by atoms with Crippen molar-refractivity contribution in [3.8, 4) is 0 Å². The molecule has 24 heavy (non-hydrogen) atoms. The third-order valence-electron chi connectivity index (χ3n) is 4.37. The summed E-state index contributed by atoms with van der Waals surface area (Å²) in [6, 6.07) is 7.55. The summed E-state index contributed by atoms with van der Waals surface area (Å²) in [5.74, 6) is 2.25. The second-order valence-corrected chi connectivity index (χ2v) is 7.62. The Bertz CT molecular complexity index is 493. The molecule has 5 heteroatoms. The lowest BCUT2D eigenvalue weighted by molar-refractivity contribution is -0.119. The number of aryl methyl sites for hydroxylation is 1. The number of anilines is 1. The zero-order chi connectivity index (χ0) is 17.2. The fourth-order valence-corrected chi connectivity index (χ4v) is 3.85. The number of hydrogen-bond acceptors (Lipinski definition) is 4. The van der Waals surface area contributed by atoms with Crippen LogP contribution in [0.2, 0.25) is 0 Å². The molecule has 1 heterocycles. The van der Waals surface area contributed by atoms with Gasteiger partial charge in [-0.2, -0.15) is 11.8 Å². The lowest BCUT2D eigenvalue weighted by Crippen LogP contribution is -2.42. The summed E-state index contributed by atoms with van der Waals surface area (Å²) in [5, 5.41) is 15.6. The van der Waals surface area contributed by atoms with E-state index in [2.05, 4.69) is 29.7 Å². The highest BCUT2D eigenvalue weighted by atomic mass is 32.2. The first-order valence-corrected chi connectivity index (χ1v) is 10.2. The van der Waals surface area contributed by atoms with E-state index in [9.17, 15) is 9.90 Å². The lowest BCUT2D eigenvalue weighted by atomic mass is 10.1. The van der Waals surface area contributed by atoms with Gasteiger partial charge in [-0.25, -0.2) is 0 Å². The number of rotatable bonds is 10. The minimum Gasteiger partial charge on any atom is -0.391 e. The van der Waals surface area contributed by atoms with Crippen molar-refractivity contribution in [3.05, 3.63) is 29.8 Å². The van der Waals surface area contributed by atoms with Gasteiger partial charge in [0.25, 0.3) is 0 Å². The van der Waals surface area contributed by atoms with Gasteiger partial charge in [-0.3, -0.25) is 4.79 Å². The Morgan fingerprint density at radius 3 is 2.71 bits per heavy atom. The highest BCUT2D eigenvalue weighted by Crippen LogP contribution is 2.15. The zero-order valence-electron chi connectivity index (χ0n) is 14.6. The Morgan fingerprint density at radius 2 is 2.04 bits per heavy atom. The van der Waals surface area contributed by atoms with Crippen molar-refractivity contribution < 1.29 is 9.90 Å². The molecule has 1 aliphatic rings. The molecule has 3 N–H and O–H groups in total. The van der Waals surface area contributed by atoms with Gasteiger partial charge in [-0.05, 0) is 55.0 Å². The Kier molecular flexibility index (Phi) is 8.64. The molecule has 0 bridgehead atoms. The number of carbonyl (C=O) groups is 1. The van der Waals surface area contributed by atoms with Gasteiger partial charge in [0.15, 0.2) is 0 Å². The van der Waals surface area contributed by atoms with Crippen LogP contribution in [-0.2, 0) is 11.2 Å². The van der Waals surface area contributed by atoms with E-state index in [1.54, 1.807) is 0 Å². The zero-order valence-corrected chi connectivity index (χ0v) is 15.4. The van der Waals surface area contributed by atoms with E-state index in [-0.39, 0.29) is 5.91 Å². The van der Waals surface area contributed by atoms with Gasteiger partial charge in [-0.1, -0.05) is 38.3 Å². The molecule has 1 amide bonds. The molecule has 0 spiro atoms. The van der Waals surface area contributed by atoms with Gasteiger partial charge >= 0.3 is 0 Å². The standard InChI is InChI=1S/C19H30N2O2S/c1-2-3-4-5-13-24-14-11-15-6-8-16(9-7-15)21-19(23)18-17(22)10-12-20-18/h6-9,17-18,20,22H,2-5,10-14H2,1H3,(H,21,23)/t17-,18-/m0/s1. The fourth-order valence-electron chi connectivity index (χ4n) is 2.85. The topological polar surface area (TPSA) is 61.4 Å². The average molecular weight is 351 g/mol. The summed E-state index contributed by atoms with van der Waals surface area (Å²) in [6.45, 7) is 2.93. The van der Waals surface area contributed by atoms with Crippen molar-refractivity contribution in [2.24, 2.45) is 0 Å². The second kappa shape index (κ2) is 10.7. The van der Waals surface area contributed by atoms with Crippen molar-refractivity contribution >= 4 is 23.4 Å². The largest absolute Gasteiger partial charge is 0.391 e. The summed E-state index contributed by atoms with van der Waals surface area (Å²) in [7, 11) is 0. The summed E-state index contributed by atoms with van der Waals surface area (Å²) in [6.07, 6.45) is 6.43. The normalized spacial score (nSPS) is 20.2. The number of thioether (sulfide) groups is 1. The molecule has 0 aromatic heterocycles. The number of nitrogens with one attached hydrogen (secondary N) is 2. The predicted molar refractivity (Wildman–Crippen MR) is 103 cm³/mol. The highest BCUT2D eigenvalue weighted by Gasteiger charge is 2.30. The van der Waals surface area contributed by atoms with E-state index in [0.29, 0.717) is 13.0 Å². The number of hydrogen-bond donors (Lipinski definition) is 3. The summed E-state index contributed by atoms with van der Waals surface area (Å²) in [4.78, 5) is 12.1. The molecule has 1 aromatic rings. The van der Waals surface area contributed by atoms with Crippen molar-refractivity contribution in [2.75, 3.05) is 23.4 Å². The molecule has 4 nitrogen and oxygen atoms in total. The quantitative estimate of drug-likeness (QED) is 0.567. The van der Waals surface area contributed by atoms with Crippen LogP contribution in [-0.4, -0.2) is 41.2 Å². The Hall–Kier alpha value is -1.04. The van der Waals surface area contributed by atoms with Crippen LogP contribution in [0.4, 0.5) is 5.69 Å². The number of aliphatic hydroxyl groups is 1. The van der Waals surface area contributed by atoms with Crippen LogP contribution >= 0.6 is 11.8 Å². The first-order valence-electron chi connectivity index (χ1n) is 9.09.